The van der Waals surface area contributed by atoms with Gasteiger partial charge in [-0.2, -0.15) is 0 Å². The van der Waals surface area contributed by atoms with E-state index in [-0.39, 0.29) is 11.3 Å². The molecule has 2 aromatic rings. The third-order valence-electron chi connectivity index (χ3n) is 3.62. The summed E-state index contributed by atoms with van der Waals surface area (Å²) in [7, 11) is 1.80. The highest BCUT2D eigenvalue weighted by molar-refractivity contribution is 5.86. The lowest BCUT2D eigenvalue weighted by molar-refractivity contribution is -0.116. The number of aryl methyl sites for hydroxylation is 4. The number of carbonyl (C=O) groups excluding carboxylic acids is 1. The molecule has 0 saturated heterocycles. The van der Waals surface area contributed by atoms with Crippen LogP contribution in [0.25, 0.3) is 10.9 Å². The van der Waals surface area contributed by atoms with Crippen molar-refractivity contribution in [3.8, 4) is 0 Å². The summed E-state index contributed by atoms with van der Waals surface area (Å²) in [5, 5.41) is 1.10. The fourth-order valence-electron chi connectivity index (χ4n) is 2.49. The number of benzene rings is 1. The number of rotatable bonds is 3. The van der Waals surface area contributed by atoms with Gasteiger partial charge in [-0.15, -0.1) is 0 Å². The Hall–Kier alpha value is -1.90. The van der Waals surface area contributed by atoms with Crippen LogP contribution in [0.3, 0.4) is 0 Å². The number of pyridine rings is 1. The largest absolute Gasteiger partial charge is 0.311 e. The molecule has 0 saturated carbocycles. The van der Waals surface area contributed by atoms with Crippen LogP contribution in [0.4, 0.5) is 0 Å². The molecule has 0 aliphatic rings. The molecular weight excluding hydrogens is 238 g/mol. The lowest BCUT2D eigenvalue weighted by atomic mass is 10.0. The lowest BCUT2D eigenvalue weighted by Gasteiger charge is -2.12. The van der Waals surface area contributed by atoms with E-state index in [1.807, 2.05) is 26.0 Å². The minimum atomic E-state index is 0.00227. The van der Waals surface area contributed by atoms with Crippen LogP contribution in [0.2, 0.25) is 0 Å². The van der Waals surface area contributed by atoms with Crippen molar-refractivity contribution in [2.75, 3.05) is 0 Å². The van der Waals surface area contributed by atoms with Crippen LogP contribution in [-0.4, -0.2) is 10.4 Å². The van der Waals surface area contributed by atoms with Crippen molar-refractivity contribution in [2.24, 2.45) is 7.05 Å². The predicted molar refractivity (Wildman–Crippen MR) is 77.7 cm³/mol. The van der Waals surface area contributed by atoms with Crippen LogP contribution in [0.5, 0.6) is 0 Å². The monoisotopic (exact) mass is 257 g/mol. The molecule has 19 heavy (non-hydrogen) atoms. The molecule has 0 bridgehead atoms. The first-order chi connectivity index (χ1) is 8.91. The Morgan fingerprint density at radius 1 is 1.21 bits per heavy atom. The topological polar surface area (TPSA) is 39.1 Å². The Kier molecular flexibility index (Phi) is 3.56. The van der Waals surface area contributed by atoms with E-state index in [1.165, 1.54) is 0 Å². The van der Waals surface area contributed by atoms with Gasteiger partial charge >= 0.3 is 0 Å². The molecule has 0 radical (unpaired) electrons. The van der Waals surface area contributed by atoms with E-state index in [1.54, 1.807) is 18.5 Å². The molecule has 1 heterocycles. The van der Waals surface area contributed by atoms with E-state index in [4.69, 9.17) is 0 Å². The summed E-state index contributed by atoms with van der Waals surface area (Å²) in [5.41, 5.74) is 3.96. The van der Waals surface area contributed by atoms with Crippen molar-refractivity contribution >= 4 is 16.7 Å². The summed E-state index contributed by atoms with van der Waals surface area (Å²) in [5.74, 6) is 0.114. The molecule has 0 aliphatic carbocycles. The van der Waals surface area contributed by atoms with Crippen LogP contribution >= 0.6 is 0 Å². The van der Waals surface area contributed by atoms with E-state index in [0.717, 1.165) is 27.6 Å². The first kappa shape index (κ1) is 13.5. The van der Waals surface area contributed by atoms with Gasteiger partial charge in [-0.05, 0) is 44.4 Å². The number of hydrogen-bond acceptors (Lipinski definition) is 2. The van der Waals surface area contributed by atoms with Gasteiger partial charge in [0.2, 0.25) is 0 Å². The highest BCUT2D eigenvalue weighted by Crippen LogP contribution is 2.21. The van der Waals surface area contributed by atoms with Crippen LogP contribution in [0.15, 0.2) is 23.0 Å². The molecule has 100 valence electrons. The summed E-state index contributed by atoms with van der Waals surface area (Å²) in [6.45, 7) is 5.61. The molecule has 0 amide bonds. The van der Waals surface area contributed by atoms with Crippen molar-refractivity contribution < 1.29 is 4.79 Å². The number of carbonyl (C=O) groups is 1. The molecule has 0 unspecified atom stereocenters. The summed E-state index contributed by atoms with van der Waals surface area (Å²) < 4.78 is 1.70. The summed E-state index contributed by atoms with van der Waals surface area (Å²) in [6.07, 6.45) is 0.941. The fourth-order valence-corrected chi connectivity index (χ4v) is 2.49. The second kappa shape index (κ2) is 5.00. The van der Waals surface area contributed by atoms with Gasteiger partial charge in [-0.25, -0.2) is 0 Å². The molecule has 1 aromatic heterocycles. The zero-order valence-electron chi connectivity index (χ0n) is 11.9. The van der Waals surface area contributed by atoms with Gasteiger partial charge in [0.15, 0.2) is 0 Å². The zero-order chi connectivity index (χ0) is 14.2. The van der Waals surface area contributed by atoms with E-state index >= 15 is 0 Å². The molecular formula is C16H19NO2. The smallest absolute Gasteiger partial charge is 0.253 e. The second-order valence-corrected chi connectivity index (χ2v) is 5.20. The van der Waals surface area contributed by atoms with E-state index < -0.39 is 0 Å². The highest BCUT2D eigenvalue weighted by Gasteiger charge is 2.10. The van der Waals surface area contributed by atoms with Gasteiger partial charge < -0.3 is 9.36 Å². The fraction of sp³-hybridized carbons (Fsp3) is 0.375. The van der Waals surface area contributed by atoms with E-state index in [2.05, 4.69) is 6.07 Å². The normalized spacial score (nSPS) is 10.9. The average molecular weight is 257 g/mol. The van der Waals surface area contributed by atoms with Gasteiger partial charge in [0.1, 0.15) is 5.78 Å². The van der Waals surface area contributed by atoms with Gasteiger partial charge in [-0.1, -0.05) is 12.1 Å². The SMILES string of the molecule is CC(=O)CCc1cc2c(C)ccc(C)c2n(C)c1=O. The van der Waals surface area contributed by atoms with E-state index in [9.17, 15) is 9.59 Å². The molecule has 2 rings (SSSR count). The van der Waals surface area contributed by atoms with Crippen LogP contribution in [0, 0.1) is 13.8 Å². The van der Waals surface area contributed by atoms with Crippen molar-refractivity contribution in [2.45, 2.75) is 33.6 Å². The number of Topliss-reactive ketones (excluding diaryl/α,β-unsaturated/α-hetero) is 1. The van der Waals surface area contributed by atoms with Crippen LogP contribution in [0.1, 0.15) is 30.0 Å². The first-order valence-corrected chi connectivity index (χ1v) is 6.50. The molecule has 3 nitrogen and oxygen atoms in total. The van der Waals surface area contributed by atoms with Gasteiger partial charge in [-0.3, -0.25) is 4.79 Å². The van der Waals surface area contributed by atoms with E-state index in [0.29, 0.717) is 12.8 Å². The maximum atomic E-state index is 12.3. The van der Waals surface area contributed by atoms with Crippen molar-refractivity contribution in [3.05, 3.63) is 45.2 Å². The molecule has 1 aromatic carbocycles. The molecule has 0 spiro atoms. The molecule has 3 heteroatoms. The van der Waals surface area contributed by atoms with Crippen molar-refractivity contribution in [1.82, 2.24) is 4.57 Å². The molecule has 0 aliphatic heterocycles. The van der Waals surface area contributed by atoms with Gasteiger partial charge in [0.25, 0.3) is 5.56 Å². The Labute approximate surface area is 112 Å². The maximum absolute atomic E-state index is 12.3. The lowest BCUT2D eigenvalue weighted by Crippen LogP contribution is -2.22. The Bertz CT molecular complexity index is 711. The maximum Gasteiger partial charge on any atom is 0.253 e. The number of aromatic nitrogens is 1. The number of nitrogens with zero attached hydrogens (tertiary/aromatic N) is 1. The summed E-state index contributed by atoms with van der Waals surface area (Å²) >= 11 is 0. The molecule has 0 atom stereocenters. The van der Waals surface area contributed by atoms with Crippen molar-refractivity contribution in [1.29, 1.82) is 0 Å². The highest BCUT2D eigenvalue weighted by atomic mass is 16.1. The number of fused-ring (bicyclic) bond motifs is 1. The number of ketones is 1. The Morgan fingerprint density at radius 2 is 1.84 bits per heavy atom. The second-order valence-electron chi connectivity index (χ2n) is 5.20. The molecule has 0 fully saturated rings. The van der Waals surface area contributed by atoms with Crippen LogP contribution in [-0.2, 0) is 18.3 Å². The zero-order valence-corrected chi connectivity index (χ0v) is 11.9. The molecule has 0 N–H and O–H groups in total. The quantitative estimate of drug-likeness (QED) is 0.848. The standard InChI is InChI=1S/C16H19NO2/c1-10-5-6-11(2)15-14(10)9-13(8-7-12(3)18)16(19)17(15)4/h5-6,9H,7-8H2,1-4H3. The minimum absolute atomic E-state index is 0.00227. The minimum Gasteiger partial charge on any atom is -0.311 e. The summed E-state index contributed by atoms with van der Waals surface area (Å²) in [4.78, 5) is 23.4. The Balaban J connectivity index is 2.69. The van der Waals surface area contributed by atoms with Gasteiger partial charge in [0, 0.05) is 24.4 Å². The number of hydrogen-bond donors (Lipinski definition) is 0. The van der Waals surface area contributed by atoms with Gasteiger partial charge in [0.05, 0.1) is 5.52 Å². The predicted octanol–water partition coefficient (Wildman–Crippen LogP) is 2.68. The third-order valence-corrected chi connectivity index (χ3v) is 3.62. The first-order valence-electron chi connectivity index (χ1n) is 6.50. The Morgan fingerprint density at radius 3 is 2.47 bits per heavy atom. The van der Waals surface area contributed by atoms with Crippen LogP contribution < -0.4 is 5.56 Å². The third kappa shape index (κ3) is 2.46. The summed E-state index contributed by atoms with van der Waals surface area (Å²) in [6, 6.07) is 6.05. The average Bonchev–Trinajstić information content (AvgIpc) is 2.35. The van der Waals surface area contributed by atoms with Crippen molar-refractivity contribution in [3.63, 3.8) is 0 Å².